The third-order valence-corrected chi connectivity index (χ3v) is 8.27. The quantitative estimate of drug-likeness (QED) is 0.570. The Morgan fingerprint density at radius 1 is 0.692 bits per heavy atom. The number of rotatable bonds is 6. The summed E-state index contributed by atoms with van der Waals surface area (Å²) in [5.74, 6) is 3.81. The number of nitrogens with zero attached hydrogens (tertiary/aromatic N) is 2. The van der Waals surface area contributed by atoms with Crippen molar-refractivity contribution in [1.82, 2.24) is 9.80 Å². The largest absolute Gasteiger partial charge is 0.306 e. The smallest absolute Gasteiger partial charge is 0.00925 e. The second-order valence-corrected chi connectivity index (χ2v) is 10.1. The van der Waals surface area contributed by atoms with E-state index in [1.54, 1.807) is 0 Å². The standard InChI is InChI=1S/C24H44N2/c1-5-19-6-8-20(9-7-19)18-26(4)24-16-12-22(13-17-24)21-10-14-23(15-11-21)25(2)3/h5,19-24H,1,6-18H2,2-4H3. The van der Waals surface area contributed by atoms with Crippen LogP contribution < -0.4 is 0 Å². The van der Waals surface area contributed by atoms with Crippen LogP contribution in [0.25, 0.3) is 0 Å². The van der Waals surface area contributed by atoms with E-state index in [0.717, 1.165) is 35.8 Å². The van der Waals surface area contributed by atoms with Gasteiger partial charge < -0.3 is 9.80 Å². The SMILES string of the molecule is C=CC1CCC(CN(C)C2CCC(C3CCC(N(C)C)CC3)CC2)CC1. The highest BCUT2D eigenvalue weighted by Gasteiger charge is 2.33. The molecule has 0 aliphatic heterocycles. The van der Waals surface area contributed by atoms with Crippen LogP contribution in [0.2, 0.25) is 0 Å². The molecule has 3 fully saturated rings. The summed E-state index contributed by atoms with van der Waals surface area (Å²) in [6.07, 6.45) is 19.5. The molecule has 0 saturated heterocycles. The molecule has 0 aromatic heterocycles. The second kappa shape index (κ2) is 9.73. The number of allylic oxidation sites excluding steroid dienone is 1. The van der Waals surface area contributed by atoms with E-state index in [9.17, 15) is 0 Å². The minimum atomic E-state index is 0.801. The highest BCUT2D eigenvalue weighted by molar-refractivity contribution is 4.88. The zero-order valence-corrected chi connectivity index (χ0v) is 17.8. The highest BCUT2D eigenvalue weighted by atomic mass is 15.1. The molecular weight excluding hydrogens is 316 g/mol. The molecule has 0 amide bonds. The Balaban J connectivity index is 1.36. The van der Waals surface area contributed by atoms with Crippen molar-refractivity contribution in [3.05, 3.63) is 12.7 Å². The van der Waals surface area contributed by atoms with Gasteiger partial charge in [-0.1, -0.05) is 6.08 Å². The Labute approximate surface area is 163 Å². The molecule has 150 valence electrons. The summed E-state index contributed by atoms with van der Waals surface area (Å²) in [5, 5.41) is 0. The summed E-state index contributed by atoms with van der Waals surface area (Å²) in [4.78, 5) is 5.18. The Bertz CT molecular complexity index is 408. The molecule has 0 aromatic rings. The normalized spacial score (nSPS) is 39.3. The lowest BCUT2D eigenvalue weighted by Gasteiger charge is -2.42. The van der Waals surface area contributed by atoms with Gasteiger partial charge in [-0.2, -0.15) is 0 Å². The van der Waals surface area contributed by atoms with E-state index in [4.69, 9.17) is 0 Å². The van der Waals surface area contributed by atoms with Crippen LogP contribution in [0, 0.1) is 23.7 Å². The molecule has 0 N–H and O–H groups in total. The van der Waals surface area contributed by atoms with E-state index in [2.05, 4.69) is 43.6 Å². The van der Waals surface area contributed by atoms with Crippen LogP contribution in [0.15, 0.2) is 12.7 Å². The van der Waals surface area contributed by atoms with Crippen molar-refractivity contribution in [1.29, 1.82) is 0 Å². The molecule has 3 aliphatic rings. The Morgan fingerprint density at radius 2 is 1.19 bits per heavy atom. The molecule has 0 unspecified atom stereocenters. The van der Waals surface area contributed by atoms with Crippen LogP contribution in [-0.2, 0) is 0 Å². The predicted molar refractivity (Wildman–Crippen MR) is 113 cm³/mol. The van der Waals surface area contributed by atoms with Crippen LogP contribution in [-0.4, -0.2) is 49.6 Å². The van der Waals surface area contributed by atoms with E-state index >= 15 is 0 Å². The van der Waals surface area contributed by atoms with Gasteiger partial charge in [0.1, 0.15) is 0 Å². The lowest BCUT2D eigenvalue weighted by atomic mass is 9.71. The first-order chi connectivity index (χ1) is 12.6. The summed E-state index contributed by atoms with van der Waals surface area (Å²) in [5.41, 5.74) is 0. The third-order valence-electron chi connectivity index (χ3n) is 8.27. The van der Waals surface area contributed by atoms with E-state index < -0.39 is 0 Å². The molecule has 26 heavy (non-hydrogen) atoms. The van der Waals surface area contributed by atoms with Crippen molar-refractivity contribution in [2.24, 2.45) is 23.7 Å². The molecular formula is C24H44N2. The molecule has 3 rings (SSSR count). The van der Waals surface area contributed by atoms with Crippen LogP contribution >= 0.6 is 0 Å². The van der Waals surface area contributed by atoms with Gasteiger partial charge in [0.05, 0.1) is 0 Å². The van der Waals surface area contributed by atoms with E-state index in [1.165, 1.54) is 83.6 Å². The van der Waals surface area contributed by atoms with E-state index in [0.29, 0.717) is 0 Å². The van der Waals surface area contributed by atoms with Gasteiger partial charge in [-0.05, 0) is 122 Å². The maximum absolute atomic E-state index is 3.99. The summed E-state index contributed by atoms with van der Waals surface area (Å²) in [7, 11) is 6.93. The van der Waals surface area contributed by atoms with E-state index in [-0.39, 0.29) is 0 Å². The Morgan fingerprint density at radius 3 is 1.65 bits per heavy atom. The Hall–Kier alpha value is -0.340. The van der Waals surface area contributed by atoms with Gasteiger partial charge in [-0.3, -0.25) is 0 Å². The fourth-order valence-electron chi connectivity index (χ4n) is 6.27. The fraction of sp³-hybridized carbons (Fsp3) is 0.917. The minimum Gasteiger partial charge on any atom is -0.306 e. The molecule has 3 aliphatic carbocycles. The fourth-order valence-corrected chi connectivity index (χ4v) is 6.27. The second-order valence-electron chi connectivity index (χ2n) is 10.1. The average molecular weight is 361 g/mol. The summed E-state index contributed by atoms with van der Waals surface area (Å²) < 4.78 is 0. The van der Waals surface area contributed by atoms with Crippen molar-refractivity contribution in [2.75, 3.05) is 27.7 Å². The van der Waals surface area contributed by atoms with Crippen molar-refractivity contribution in [2.45, 2.75) is 89.1 Å². The minimum absolute atomic E-state index is 0.801. The lowest BCUT2D eigenvalue weighted by molar-refractivity contribution is 0.0918. The summed E-state index contributed by atoms with van der Waals surface area (Å²) >= 11 is 0. The predicted octanol–water partition coefficient (Wildman–Crippen LogP) is 5.59. The maximum atomic E-state index is 3.99. The van der Waals surface area contributed by atoms with Gasteiger partial charge in [-0.25, -0.2) is 0 Å². The first kappa shape index (κ1) is 20.4. The van der Waals surface area contributed by atoms with Crippen LogP contribution in [0.1, 0.15) is 77.0 Å². The summed E-state index contributed by atoms with van der Waals surface area (Å²) in [6.45, 7) is 5.33. The Kier molecular flexibility index (Phi) is 7.64. The van der Waals surface area contributed by atoms with Gasteiger partial charge in [0.15, 0.2) is 0 Å². The molecule has 2 heteroatoms. The number of hydrogen-bond donors (Lipinski definition) is 0. The van der Waals surface area contributed by atoms with Gasteiger partial charge in [0, 0.05) is 18.6 Å². The van der Waals surface area contributed by atoms with Gasteiger partial charge in [0.25, 0.3) is 0 Å². The first-order valence-corrected chi connectivity index (χ1v) is 11.6. The van der Waals surface area contributed by atoms with Crippen molar-refractivity contribution >= 4 is 0 Å². The number of hydrogen-bond acceptors (Lipinski definition) is 2. The van der Waals surface area contributed by atoms with E-state index in [1.807, 2.05) is 0 Å². The topological polar surface area (TPSA) is 6.48 Å². The molecule has 0 aromatic carbocycles. The highest BCUT2D eigenvalue weighted by Crippen LogP contribution is 2.40. The van der Waals surface area contributed by atoms with Crippen LogP contribution in [0.5, 0.6) is 0 Å². The summed E-state index contributed by atoms with van der Waals surface area (Å²) in [6, 6.07) is 1.71. The first-order valence-electron chi connectivity index (χ1n) is 11.6. The van der Waals surface area contributed by atoms with Crippen molar-refractivity contribution in [3.8, 4) is 0 Å². The lowest BCUT2D eigenvalue weighted by Crippen LogP contribution is -2.40. The monoisotopic (exact) mass is 360 g/mol. The van der Waals surface area contributed by atoms with Gasteiger partial charge >= 0.3 is 0 Å². The van der Waals surface area contributed by atoms with Gasteiger partial charge in [0.2, 0.25) is 0 Å². The van der Waals surface area contributed by atoms with Crippen molar-refractivity contribution < 1.29 is 0 Å². The molecule has 0 heterocycles. The molecule has 0 atom stereocenters. The molecule has 3 saturated carbocycles. The van der Waals surface area contributed by atoms with Crippen LogP contribution in [0.4, 0.5) is 0 Å². The molecule has 0 spiro atoms. The molecule has 2 nitrogen and oxygen atoms in total. The van der Waals surface area contributed by atoms with Crippen LogP contribution in [0.3, 0.4) is 0 Å². The van der Waals surface area contributed by atoms with Crippen molar-refractivity contribution in [3.63, 3.8) is 0 Å². The zero-order valence-electron chi connectivity index (χ0n) is 17.8. The average Bonchev–Trinajstić information content (AvgIpc) is 2.69. The van der Waals surface area contributed by atoms with Gasteiger partial charge in [-0.15, -0.1) is 6.58 Å². The third kappa shape index (κ3) is 5.35. The molecule has 0 radical (unpaired) electrons. The zero-order chi connectivity index (χ0) is 18.5. The maximum Gasteiger partial charge on any atom is 0.00925 e. The molecule has 0 bridgehead atoms.